The quantitative estimate of drug-likeness (QED) is 0.808. The number of hydrogen-bond donors (Lipinski definition) is 1. The van der Waals surface area contributed by atoms with Gasteiger partial charge in [0.1, 0.15) is 0 Å². The van der Waals surface area contributed by atoms with Crippen molar-refractivity contribution in [2.24, 2.45) is 0 Å². The number of morpholine rings is 1. The first-order chi connectivity index (χ1) is 11.2. The van der Waals surface area contributed by atoms with E-state index in [1.807, 2.05) is 13.0 Å². The number of ether oxygens (including phenoxy) is 1. The molecule has 0 aliphatic carbocycles. The molecular formula is C16H24N2O5S. The highest BCUT2D eigenvalue weighted by molar-refractivity contribution is 7.89. The lowest BCUT2D eigenvalue weighted by Gasteiger charge is -2.34. The smallest absolute Gasteiger partial charge is 0.317 e. The third-order valence-electron chi connectivity index (χ3n) is 3.97. The lowest BCUT2D eigenvalue weighted by Crippen LogP contribution is -2.49. The Morgan fingerprint density at radius 1 is 1.42 bits per heavy atom. The summed E-state index contributed by atoms with van der Waals surface area (Å²) in [6.45, 7) is 4.80. The molecule has 0 aromatic heterocycles. The number of carboxylic acids is 1. The van der Waals surface area contributed by atoms with Gasteiger partial charge in [-0.05, 0) is 32.5 Å². The number of sulfonamides is 1. The molecule has 24 heavy (non-hydrogen) atoms. The summed E-state index contributed by atoms with van der Waals surface area (Å²) < 4.78 is 32.8. The zero-order valence-corrected chi connectivity index (χ0v) is 15.0. The minimum absolute atomic E-state index is 0.107. The third kappa shape index (κ3) is 4.54. The van der Waals surface area contributed by atoms with Crippen molar-refractivity contribution in [2.45, 2.75) is 24.8 Å². The number of likely N-dealkylation sites (N-methyl/N-ethyl adjacent to an activating group) is 1. The van der Waals surface area contributed by atoms with Gasteiger partial charge in [0.2, 0.25) is 10.0 Å². The summed E-state index contributed by atoms with van der Waals surface area (Å²) in [7, 11) is -1.91. The number of carbonyl (C=O) groups is 1. The number of aliphatic carboxylic acids is 1. The summed E-state index contributed by atoms with van der Waals surface area (Å²) in [5.74, 6) is -0.923. The van der Waals surface area contributed by atoms with Crippen LogP contribution in [0.4, 0.5) is 0 Å². The maximum atomic E-state index is 12.9. The number of carboxylic acid groups (broad SMARTS) is 1. The molecule has 1 heterocycles. The van der Waals surface area contributed by atoms with Crippen LogP contribution in [0.3, 0.4) is 0 Å². The van der Waals surface area contributed by atoms with Gasteiger partial charge < -0.3 is 9.84 Å². The molecule has 1 aromatic rings. The zero-order chi connectivity index (χ0) is 17.9. The normalized spacial score (nSPS) is 19.6. The molecule has 0 amide bonds. The molecule has 1 fully saturated rings. The van der Waals surface area contributed by atoms with Crippen molar-refractivity contribution in [3.05, 3.63) is 29.3 Å². The van der Waals surface area contributed by atoms with Gasteiger partial charge >= 0.3 is 5.97 Å². The lowest BCUT2D eigenvalue weighted by atomic mass is 10.2. The second kappa shape index (κ2) is 7.60. The highest BCUT2D eigenvalue weighted by Gasteiger charge is 2.32. The summed E-state index contributed by atoms with van der Waals surface area (Å²) >= 11 is 0. The first-order valence-corrected chi connectivity index (χ1v) is 9.23. The van der Waals surface area contributed by atoms with E-state index in [1.165, 1.54) is 4.31 Å². The summed E-state index contributed by atoms with van der Waals surface area (Å²) in [5, 5.41) is 8.81. The Hall–Kier alpha value is -1.48. The monoisotopic (exact) mass is 356 g/mol. The third-order valence-corrected chi connectivity index (χ3v) is 6.00. The largest absolute Gasteiger partial charge is 0.480 e. The van der Waals surface area contributed by atoms with E-state index in [1.54, 1.807) is 31.0 Å². The van der Waals surface area contributed by atoms with Crippen LogP contribution in [-0.4, -0.2) is 74.6 Å². The van der Waals surface area contributed by atoms with Crippen LogP contribution in [0, 0.1) is 13.8 Å². The van der Waals surface area contributed by atoms with E-state index < -0.39 is 16.0 Å². The molecule has 1 atom stereocenters. The molecule has 8 heteroatoms. The number of benzene rings is 1. The fraction of sp³-hybridized carbons (Fsp3) is 0.562. The molecule has 0 bridgehead atoms. The molecule has 0 spiro atoms. The number of nitrogens with zero attached hydrogens (tertiary/aromatic N) is 2. The van der Waals surface area contributed by atoms with Crippen LogP contribution in [0.15, 0.2) is 23.1 Å². The van der Waals surface area contributed by atoms with Gasteiger partial charge in [-0.15, -0.1) is 0 Å². The topological polar surface area (TPSA) is 87.2 Å². The molecular weight excluding hydrogens is 332 g/mol. The van der Waals surface area contributed by atoms with E-state index in [0.717, 1.165) is 11.1 Å². The Labute approximate surface area is 142 Å². The predicted octanol–water partition coefficient (Wildman–Crippen LogP) is 0.709. The summed E-state index contributed by atoms with van der Waals surface area (Å²) in [6, 6.07) is 5.28. The van der Waals surface area contributed by atoms with Gasteiger partial charge in [0.25, 0.3) is 0 Å². The molecule has 7 nitrogen and oxygen atoms in total. The fourth-order valence-corrected chi connectivity index (χ4v) is 4.55. The lowest BCUT2D eigenvalue weighted by molar-refractivity contribution is -0.138. The maximum absolute atomic E-state index is 12.9. The van der Waals surface area contributed by atoms with Crippen LogP contribution in [0.2, 0.25) is 0 Å². The van der Waals surface area contributed by atoms with Gasteiger partial charge in [0.15, 0.2) is 0 Å². The van der Waals surface area contributed by atoms with E-state index in [9.17, 15) is 13.2 Å². The Morgan fingerprint density at radius 3 is 2.75 bits per heavy atom. The molecule has 1 aromatic carbocycles. The van der Waals surface area contributed by atoms with Crippen molar-refractivity contribution in [3.8, 4) is 0 Å². The Balaban J connectivity index is 2.11. The van der Waals surface area contributed by atoms with Gasteiger partial charge in [0.05, 0.1) is 24.2 Å². The molecule has 0 saturated carbocycles. The van der Waals surface area contributed by atoms with Gasteiger partial charge in [-0.3, -0.25) is 9.69 Å². The second-order valence-corrected chi connectivity index (χ2v) is 8.12. The standard InChI is InChI=1S/C16H24N2O5S/c1-12-4-5-15(13(2)8-12)24(21,22)18-6-7-23-14(10-18)9-17(3)11-16(19)20/h4-5,8,14H,6-7,9-11H2,1-3H3,(H,19,20). The number of rotatable bonds is 6. The molecule has 1 unspecified atom stereocenters. The first kappa shape index (κ1) is 18.9. The SMILES string of the molecule is Cc1ccc(S(=O)(=O)N2CCOC(CN(C)CC(=O)O)C2)c(C)c1. The first-order valence-electron chi connectivity index (χ1n) is 7.79. The van der Waals surface area contributed by atoms with Crippen molar-refractivity contribution in [1.29, 1.82) is 0 Å². The van der Waals surface area contributed by atoms with Crippen molar-refractivity contribution in [1.82, 2.24) is 9.21 Å². The maximum Gasteiger partial charge on any atom is 0.317 e. The van der Waals surface area contributed by atoms with E-state index in [-0.39, 0.29) is 19.2 Å². The minimum atomic E-state index is -3.58. The van der Waals surface area contributed by atoms with Gasteiger partial charge in [-0.2, -0.15) is 4.31 Å². The van der Waals surface area contributed by atoms with Crippen LogP contribution in [0.1, 0.15) is 11.1 Å². The van der Waals surface area contributed by atoms with Gasteiger partial charge in [-0.25, -0.2) is 8.42 Å². The van der Waals surface area contributed by atoms with Crippen LogP contribution in [0.5, 0.6) is 0 Å². The fourth-order valence-electron chi connectivity index (χ4n) is 2.89. The van der Waals surface area contributed by atoms with Crippen LogP contribution in [-0.2, 0) is 19.6 Å². The molecule has 1 saturated heterocycles. The minimum Gasteiger partial charge on any atom is -0.480 e. The van der Waals surface area contributed by atoms with Crippen molar-refractivity contribution in [2.75, 3.05) is 39.8 Å². The average molecular weight is 356 g/mol. The molecule has 1 N–H and O–H groups in total. The van der Waals surface area contributed by atoms with E-state index in [2.05, 4.69) is 0 Å². The molecule has 1 aliphatic heterocycles. The van der Waals surface area contributed by atoms with Crippen LogP contribution in [0.25, 0.3) is 0 Å². The Bertz CT molecular complexity index is 704. The molecule has 2 rings (SSSR count). The molecule has 134 valence electrons. The second-order valence-electron chi connectivity index (χ2n) is 6.22. The molecule has 1 aliphatic rings. The van der Waals surface area contributed by atoms with Crippen molar-refractivity contribution >= 4 is 16.0 Å². The van der Waals surface area contributed by atoms with Gasteiger partial charge in [0, 0.05) is 19.6 Å². The number of aryl methyl sites for hydroxylation is 2. The zero-order valence-electron chi connectivity index (χ0n) is 14.2. The highest BCUT2D eigenvalue weighted by Crippen LogP contribution is 2.23. The van der Waals surface area contributed by atoms with Gasteiger partial charge in [-0.1, -0.05) is 17.7 Å². The average Bonchev–Trinajstić information content (AvgIpc) is 2.46. The van der Waals surface area contributed by atoms with Crippen molar-refractivity contribution in [3.63, 3.8) is 0 Å². The Morgan fingerprint density at radius 2 is 2.12 bits per heavy atom. The Kier molecular flexibility index (Phi) is 5.97. The highest BCUT2D eigenvalue weighted by atomic mass is 32.2. The molecule has 0 radical (unpaired) electrons. The van der Waals surface area contributed by atoms with Crippen LogP contribution >= 0.6 is 0 Å². The summed E-state index contributed by atoms with van der Waals surface area (Å²) in [4.78, 5) is 12.7. The predicted molar refractivity (Wildman–Crippen MR) is 89.5 cm³/mol. The van der Waals surface area contributed by atoms with Crippen molar-refractivity contribution < 1.29 is 23.1 Å². The number of hydrogen-bond acceptors (Lipinski definition) is 5. The summed E-state index contributed by atoms with van der Waals surface area (Å²) in [5.41, 5.74) is 1.74. The van der Waals surface area contributed by atoms with Crippen LogP contribution < -0.4 is 0 Å². The van der Waals surface area contributed by atoms with E-state index in [0.29, 0.717) is 24.6 Å². The summed E-state index contributed by atoms with van der Waals surface area (Å²) in [6.07, 6.45) is -0.344. The van der Waals surface area contributed by atoms with E-state index >= 15 is 0 Å². The van der Waals surface area contributed by atoms with E-state index in [4.69, 9.17) is 9.84 Å².